The van der Waals surface area contributed by atoms with Crippen molar-refractivity contribution in [2.24, 2.45) is 0 Å². The van der Waals surface area contributed by atoms with Gasteiger partial charge in [-0.05, 0) is 74.7 Å². The zero-order valence-electron chi connectivity index (χ0n) is 24.8. The average molecular weight is 584 g/mol. The van der Waals surface area contributed by atoms with Crippen molar-refractivity contribution in [2.45, 2.75) is 62.6 Å². The number of hydrogen-bond acceptors (Lipinski definition) is 4. The second-order valence-corrected chi connectivity index (χ2v) is 12.2. The third-order valence-electron chi connectivity index (χ3n) is 9.98. The lowest BCUT2D eigenvalue weighted by molar-refractivity contribution is 0.105. The molecule has 4 fully saturated rings. The summed E-state index contributed by atoms with van der Waals surface area (Å²) in [6.45, 7) is 6.67. The van der Waals surface area contributed by atoms with Crippen molar-refractivity contribution < 1.29 is 9.31 Å². The lowest BCUT2D eigenvalue weighted by Gasteiger charge is -2.36. The molecule has 44 heavy (non-hydrogen) atoms. The monoisotopic (exact) mass is 584 g/mol. The Morgan fingerprint density at radius 2 is 0.773 bits per heavy atom. The van der Waals surface area contributed by atoms with Gasteiger partial charge < -0.3 is 18.9 Å². The van der Waals surface area contributed by atoms with Crippen LogP contribution in [0.4, 0.5) is 0 Å². The van der Waals surface area contributed by atoms with Crippen molar-refractivity contribution in [3.63, 3.8) is 0 Å². The van der Waals surface area contributed by atoms with Crippen LogP contribution in [0.1, 0.15) is 47.9 Å². The summed E-state index contributed by atoms with van der Waals surface area (Å²) in [5.74, 6) is 0. The zero-order chi connectivity index (χ0) is 28.6. The minimum absolute atomic E-state index is 0. The summed E-state index contributed by atoms with van der Waals surface area (Å²) in [7, 11) is 0.357. The summed E-state index contributed by atoms with van der Waals surface area (Å²) in [5.41, 5.74) is 4.46. The van der Waals surface area contributed by atoms with Crippen LogP contribution in [0.3, 0.4) is 0 Å². The molecule has 4 heterocycles. The lowest BCUT2D eigenvalue weighted by Crippen LogP contribution is -2.41. The van der Waals surface area contributed by atoms with Crippen LogP contribution in [0.25, 0.3) is 0 Å². The molecule has 0 N–H and O–H groups in total. The Kier molecular flexibility index (Phi) is 9.96. The second kappa shape index (κ2) is 13.5. The van der Waals surface area contributed by atoms with Crippen molar-refractivity contribution in [1.29, 1.82) is 0 Å². The lowest BCUT2D eigenvalue weighted by atomic mass is 9.79. The third kappa shape index (κ3) is 5.30. The van der Waals surface area contributed by atoms with Gasteiger partial charge in [-0.1, -0.05) is 138 Å². The van der Waals surface area contributed by atoms with E-state index in [9.17, 15) is 0 Å². The van der Waals surface area contributed by atoms with Gasteiger partial charge in [-0.3, -0.25) is 0 Å². The number of nitrogens with zero attached hydrogens (tertiary/aromatic N) is 2. The highest BCUT2D eigenvalue weighted by atomic mass is 16.5. The summed E-state index contributed by atoms with van der Waals surface area (Å²) in [6, 6.07) is 43.8. The molecule has 4 aromatic carbocycles. The van der Waals surface area contributed by atoms with Gasteiger partial charge in [0.05, 0.1) is 0 Å². The van der Waals surface area contributed by atoms with Gasteiger partial charge in [0.25, 0.3) is 0 Å². The Morgan fingerprint density at radius 3 is 1.05 bits per heavy atom. The highest BCUT2D eigenvalue weighted by molar-refractivity contribution is 6.48. The fourth-order valence-corrected chi connectivity index (χ4v) is 8.27. The van der Waals surface area contributed by atoms with Gasteiger partial charge in [0.15, 0.2) is 0 Å². The van der Waals surface area contributed by atoms with E-state index in [1.54, 1.807) is 0 Å². The van der Waals surface area contributed by atoms with Crippen molar-refractivity contribution in [3.05, 3.63) is 144 Å². The molecule has 0 aliphatic carbocycles. The fourth-order valence-electron chi connectivity index (χ4n) is 8.27. The molecule has 0 radical (unpaired) electrons. The van der Waals surface area contributed by atoms with Gasteiger partial charge in [-0.2, -0.15) is 0 Å². The van der Waals surface area contributed by atoms with Gasteiger partial charge >= 0.3 is 14.1 Å². The molecule has 4 aromatic rings. The van der Waals surface area contributed by atoms with Crippen molar-refractivity contribution in [1.82, 2.24) is 9.62 Å². The van der Waals surface area contributed by atoms with Crippen LogP contribution in [0.2, 0.25) is 13.6 Å². The van der Waals surface area contributed by atoms with Crippen molar-refractivity contribution in [2.75, 3.05) is 13.1 Å². The Labute approximate surface area is 268 Å². The van der Waals surface area contributed by atoms with Crippen LogP contribution in [-0.4, -0.2) is 65.7 Å². The van der Waals surface area contributed by atoms with Crippen LogP contribution in [-0.2, 0) is 20.5 Å². The minimum Gasteiger partial charge on any atom is -0.406 e. The summed E-state index contributed by atoms with van der Waals surface area (Å²) < 4.78 is 13.2. The maximum Gasteiger partial charge on any atom is 0.380 e. The molecule has 0 aromatic heterocycles. The Bertz CT molecular complexity index is 1270. The molecule has 4 saturated heterocycles. The first-order valence-electron chi connectivity index (χ1n) is 15.7. The van der Waals surface area contributed by atoms with Gasteiger partial charge in [0.1, 0.15) is 11.2 Å². The molecule has 0 amide bonds. The summed E-state index contributed by atoms with van der Waals surface area (Å²) in [6.07, 6.45) is 4.93. The van der Waals surface area contributed by atoms with Crippen LogP contribution < -0.4 is 0 Å². The average Bonchev–Trinajstić information content (AvgIpc) is 3.84. The minimum atomic E-state index is -0.321. The number of benzene rings is 4. The molecule has 4 nitrogen and oxygen atoms in total. The largest absolute Gasteiger partial charge is 0.406 e. The van der Waals surface area contributed by atoms with Gasteiger partial charge in [0.2, 0.25) is 0 Å². The number of hydrogen-bond donors (Lipinski definition) is 0. The van der Waals surface area contributed by atoms with Crippen LogP contribution in [0.5, 0.6) is 0 Å². The van der Waals surface area contributed by atoms with Gasteiger partial charge in [-0.25, -0.2) is 0 Å². The number of fused-ring (bicyclic) bond motifs is 2. The normalized spacial score (nSPS) is 23.1. The van der Waals surface area contributed by atoms with Gasteiger partial charge in [-0.15, -0.1) is 0 Å². The molecule has 8 rings (SSSR count). The zero-order valence-corrected chi connectivity index (χ0v) is 24.8. The first-order valence-corrected chi connectivity index (χ1v) is 15.7. The Morgan fingerprint density at radius 1 is 0.500 bits per heavy atom. The number of rotatable bonds is 4. The molecule has 0 bridgehead atoms. The highest BCUT2D eigenvalue weighted by Gasteiger charge is 2.57. The van der Waals surface area contributed by atoms with E-state index in [1.165, 1.54) is 47.9 Å². The highest BCUT2D eigenvalue weighted by Crippen LogP contribution is 2.50. The molecule has 0 saturated carbocycles. The standard InChI is InChI=1S/2C18H20BNO.2BH4/c2*1-19-20-14-8-13-17(20)18(21-19,15-9-4-2-5-10-15)16-11-6-3-7-12-16;;/h2*2-7,9-12,17H,8,13-14H2,1H3;2*1H4/q;;2*-1/t2*17-;;/m10../s1. The molecular formula is C36H48B4N2O2-2. The van der Waals surface area contributed by atoms with E-state index in [0.717, 1.165) is 13.1 Å². The summed E-state index contributed by atoms with van der Waals surface area (Å²) in [5, 5.41) is 0. The topological polar surface area (TPSA) is 24.9 Å². The van der Waals surface area contributed by atoms with E-state index >= 15 is 0 Å². The molecule has 0 spiro atoms. The second-order valence-electron chi connectivity index (χ2n) is 12.2. The maximum atomic E-state index is 6.61. The molecule has 4 aliphatic rings. The fraction of sp³-hybridized carbons (Fsp3) is 0.333. The summed E-state index contributed by atoms with van der Waals surface area (Å²) in [4.78, 5) is 5.06. The van der Waals surface area contributed by atoms with Crippen LogP contribution >= 0.6 is 0 Å². The van der Waals surface area contributed by atoms with E-state index in [4.69, 9.17) is 9.31 Å². The van der Waals surface area contributed by atoms with Crippen molar-refractivity contribution in [3.8, 4) is 0 Å². The smallest absolute Gasteiger partial charge is 0.380 e. The van der Waals surface area contributed by atoms with E-state index in [2.05, 4.69) is 145 Å². The first-order chi connectivity index (χ1) is 20.6. The van der Waals surface area contributed by atoms with E-state index in [-0.39, 0.29) is 42.1 Å². The van der Waals surface area contributed by atoms with Crippen molar-refractivity contribution >= 4 is 30.9 Å². The van der Waals surface area contributed by atoms with E-state index < -0.39 is 0 Å². The van der Waals surface area contributed by atoms with E-state index in [1.807, 2.05) is 0 Å². The molecule has 8 heteroatoms. The molecular weight excluding hydrogens is 536 g/mol. The maximum absolute atomic E-state index is 6.61. The third-order valence-corrected chi connectivity index (χ3v) is 9.98. The molecule has 228 valence electrons. The van der Waals surface area contributed by atoms with Crippen LogP contribution in [0.15, 0.2) is 121 Å². The molecule has 0 unspecified atom stereocenters. The summed E-state index contributed by atoms with van der Waals surface area (Å²) >= 11 is 0. The SMILES string of the molecule is CB1OC(c2ccccc2)(c2ccccc2)[C@@H]2CCCN12.CB1OC(c2ccccc2)(c2ccccc2)[C@H]2CCCN12.[BH4-].[BH4-]. The first kappa shape index (κ1) is 32.4. The Balaban J connectivity index is 0.000000167. The predicted octanol–water partition coefficient (Wildman–Crippen LogP) is 4.18. The quantitative estimate of drug-likeness (QED) is 0.337. The predicted molar refractivity (Wildman–Crippen MR) is 195 cm³/mol. The van der Waals surface area contributed by atoms with Crippen LogP contribution in [0, 0.1) is 0 Å². The molecule has 4 aliphatic heterocycles. The van der Waals surface area contributed by atoms with E-state index in [0.29, 0.717) is 12.1 Å². The molecule has 2 atom stereocenters. The van der Waals surface area contributed by atoms with Gasteiger partial charge in [0, 0.05) is 12.1 Å². The Hall–Kier alpha value is -3.02.